The number of piperidine rings is 1. The smallest absolute Gasteiger partial charge is 0.0802 e. The molecule has 1 saturated heterocycles. The van der Waals surface area contributed by atoms with Crippen molar-refractivity contribution in [1.29, 1.82) is 0 Å². The van der Waals surface area contributed by atoms with Gasteiger partial charge in [0.15, 0.2) is 0 Å². The third-order valence-electron chi connectivity index (χ3n) is 4.53. The minimum atomic E-state index is -0.324. The average molecular weight is 275 g/mol. The number of aryl methyl sites for hydroxylation is 2. The molecule has 20 heavy (non-hydrogen) atoms. The van der Waals surface area contributed by atoms with Gasteiger partial charge >= 0.3 is 0 Å². The predicted octanol–water partition coefficient (Wildman–Crippen LogP) is 3.85. The molecule has 0 amide bonds. The molecule has 2 heteroatoms. The normalized spacial score (nSPS) is 21.9. The van der Waals surface area contributed by atoms with Crippen LogP contribution in [0, 0.1) is 19.8 Å². The molecule has 2 atom stereocenters. The Hall–Kier alpha value is -0.860. The second-order valence-corrected chi connectivity index (χ2v) is 6.44. The molecule has 1 aromatic carbocycles. The first kappa shape index (κ1) is 15.5. The largest absolute Gasteiger partial charge is 0.388 e. The number of nitrogens with zero attached hydrogens (tertiary/aromatic N) is 1. The SMILES string of the molecule is CCC1CCCN(CCC(O)c2cc(C)cc(C)c2)C1. The Kier molecular flexibility index (Phi) is 5.62. The van der Waals surface area contributed by atoms with E-state index in [-0.39, 0.29) is 6.10 Å². The molecule has 112 valence electrons. The van der Waals surface area contributed by atoms with Crippen LogP contribution in [-0.4, -0.2) is 29.6 Å². The molecule has 0 spiro atoms. The maximum atomic E-state index is 10.4. The first-order chi connectivity index (χ1) is 9.58. The molecule has 0 saturated carbocycles. The number of rotatable bonds is 5. The summed E-state index contributed by atoms with van der Waals surface area (Å²) in [5.41, 5.74) is 3.55. The molecule has 0 aliphatic carbocycles. The molecule has 1 fully saturated rings. The van der Waals surface area contributed by atoms with Crippen molar-refractivity contribution in [2.75, 3.05) is 19.6 Å². The summed E-state index contributed by atoms with van der Waals surface area (Å²) in [5, 5.41) is 10.4. The summed E-state index contributed by atoms with van der Waals surface area (Å²) in [6.45, 7) is 9.93. The Morgan fingerprint density at radius 2 is 1.95 bits per heavy atom. The number of hydrogen-bond acceptors (Lipinski definition) is 2. The fourth-order valence-electron chi connectivity index (χ4n) is 3.36. The molecule has 2 unspecified atom stereocenters. The lowest BCUT2D eigenvalue weighted by Gasteiger charge is -2.32. The van der Waals surface area contributed by atoms with Crippen molar-refractivity contribution in [2.24, 2.45) is 5.92 Å². The average Bonchev–Trinajstić information content (AvgIpc) is 2.44. The van der Waals surface area contributed by atoms with Gasteiger partial charge in [-0.15, -0.1) is 0 Å². The van der Waals surface area contributed by atoms with Crippen LogP contribution in [0.1, 0.15) is 55.4 Å². The third kappa shape index (κ3) is 4.32. The fraction of sp³-hybridized carbons (Fsp3) is 0.667. The van der Waals surface area contributed by atoms with Crippen molar-refractivity contribution in [3.63, 3.8) is 0 Å². The van der Waals surface area contributed by atoms with E-state index in [0.717, 1.165) is 24.4 Å². The lowest BCUT2D eigenvalue weighted by atomic mass is 9.95. The van der Waals surface area contributed by atoms with Crippen molar-refractivity contribution in [3.05, 3.63) is 34.9 Å². The van der Waals surface area contributed by atoms with Gasteiger partial charge in [0, 0.05) is 13.1 Å². The molecular formula is C18H29NO. The molecule has 1 aliphatic heterocycles. The number of hydrogen-bond donors (Lipinski definition) is 1. The second-order valence-electron chi connectivity index (χ2n) is 6.44. The summed E-state index contributed by atoms with van der Waals surface area (Å²) < 4.78 is 0. The Balaban J connectivity index is 1.86. The van der Waals surface area contributed by atoms with Crippen molar-refractivity contribution >= 4 is 0 Å². The summed E-state index contributed by atoms with van der Waals surface area (Å²) >= 11 is 0. The van der Waals surface area contributed by atoms with Crippen LogP contribution in [0.15, 0.2) is 18.2 Å². The van der Waals surface area contributed by atoms with Crippen LogP contribution < -0.4 is 0 Å². The van der Waals surface area contributed by atoms with Crippen LogP contribution in [0.25, 0.3) is 0 Å². The van der Waals surface area contributed by atoms with Crippen molar-refractivity contribution in [3.8, 4) is 0 Å². The molecule has 1 N–H and O–H groups in total. The number of likely N-dealkylation sites (tertiary alicyclic amines) is 1. The van der Waals surface area contributed by atoms with Gasteiger partial charge in [-0.2, -0.15) is 0 Å². The number of aliphatic hydroxyl groups is 1. The Morgan fingerprint density at radius 1 is 1.25 bits per heavy atom. The van der Waals surface area contributed by atoms with Gasteiger partial charge in [-0.3, -0.25) is 0 Å². The van der Waals surface area contributed by atoms with Gasteiger partial charge in [-0.25, -0.2) is 0 Å². The zero-order valence-corrected chi connectivity index (χ0v) is 13.2. The Labute approximate surface area is 123 Å². The molecule has 0 radical (unpaired) electrons. The van der Waals surface area contributed by atoms with Gasteiger partial charge < -0.3 is 10.0 Å². The number of aliphatic hydroxyl groups excluding tert-OH is 1. The first-order valence-electron chi connectivity index (χ1n) is 8.07. The minimum Gasteiger partial charge on any atom is -0.388 e. The third-order valence-corrected chi connectivity index (χ3v) is 4.53. The standard InChI is InChI=1S/C18H29NO/c1-4-16-6-5-8-19(13-16)9-7-18(20)17-11-14(2)10-15(3)12-17/h10-12,16,18,20H,4-9,13H2,1-3H3. The zero-order chi connectivity index (χ0) is 14.5. The van der Waals surface area contributed by atoms with Gasteiger partial charge in [-0.1, -0.05) is 42.7 Å². The molecule has 1 heterocycles. The highest BCUT2D eigenvalue weighted by molar-refractivity contribution is 5.29. The van der Waals surface area contributed by atoms with Crippen LogP contribution in [0.5, 0.6) is 0 Å². The highest BCUT2D eigenvalue weighted by Gasteiger charge is 2.19. The molecule has 0 bridgehead atoms. The van der Waals surface area contributed by atoms with Gasteiger partial charge in [-0.05, 0) is 51.1 Å². The molecular weight excluding hydrogens is 246 g/mol. The second kappa shape index (κ2) is 7.24. The molecule has 2 rings (SSSR count). The maximum absolute atomic E-state index is 10.4. The van der Waals surface area contributed by atoms with Crippen LogP contribution in [0.2, 0.25) is 0 Å². The van der Waals surface area contributed by atoms with E-state index in [0.29, 0.717) is 0 Å². The Bertz CT molecular complexity index is 409. The van der Waals surface area contributed by atoms with Gasteiger partial charge in [0.05, 0.1) is 6.10 Å². The summed E-state index contributed by atoms with van der Waals surface area (Å²) in [5.74, 6) is 0.863. The monoisotopic (exact) mass is 275 g/mol. The van der Waals surface area contributed by atoms with Gasteiger partial charge in [0.25, 0.3) is 0 Å². The van der Waals surface area contributed by atoms with Crippen LogP contribution in [0.4, 0.5) is 0 Å². The quantitative estimate of drug-likeness (QED) is 0.882. The summed E-state index contributed by atoms with van der Waals surface area (Å²) in [6, 6.07) is 6.39. The van der Waals surface area contributed by atoms with E-state index >= 15 is 0 Å². The van der Waals surface area contributed by atoms with E-state index in [4.69, 9.17) is 0 Å². The first-order valence-corrected chi connectivity index (χ1v) is 8.07. The Morgan fingerprint density at radius 3 is 2.60 bits per heavy atom. The highest BCUT2D eigenvalue weighted by atomic mass is 16.3. The van der Waals surface area contributed by atoms with E-state index in [1.807, 2.05) is 0 Å². The molecule has 1 aliphatic rings. The summed E-state index contributed by atoms with van der Waals surface area (Å²) in [4.78, 5) is 2.53. The van der Waals surface area contributed by atoms with Crippen molar-refractivity contribution < 1.29 is 5.11 Å². The maximum Gasteiger partial charge on any atom is 0.0802 e. The predicted molar refractivity (Wildman–Crippen MR) is 84.9 cm³/mol. The topological polar surface area (TPSA) is 23.5 Å². The fourth-order valence-corrected chi connectivity index (χ4v) is 3.36. The van der Waals surface area contributed by atoms with E-state index in [1.165, 1.54) is 43.5 Å². The molecule has 2 nitrogen and oxygen atoms in total. The lowest BCUT2D eigenvalue weighted by Crippen LogP contribution is -2.36. The van der Waals surface area contributed by atoms with Crippen molar-refractivity contribution in [1.82, 2.24) is 4.90 Å². The van der Waals surface area contributed by atoms with Gasteiger partial charge in [0.2, 0.25) is 0 Å². The number of benzene rings is 1. The van der Waals surface area contributed by atoms with Crippen LogP contribution >= 0.6 is 0 Å². The van der Waals surface area contributed by atoms with E-state index < -0.39 is 0 Å². The van der Waals surface area contributed by atoms with E-state index in [2.05, 4.69) is 43.9 Å². The van der Waals surface area contributed by atoms with Gasteiger partial charge in [0.1, 0.15) is 0 Å². The molecule has 1 aromatic rings. The lowest BCUT2D eigenvalue weighted by molar-refractivity contribution is 0.117. The summed E-state index contributed by atoms with van der Waals surface area (Å²) in [7, 11) is 0. The van der Waals surface area contributed by atoms with E-state index in [9.17, 15) is 5.11 Å². The van der Waals surface area contributed by atoms with Crippen LogP contribution in [0.3, 0.4) is 0 Å². The van der Waals surface area contributed by atoms with E-state index in [1.54, 1.807) is 0 Å². The molecule has 0 aromatic heterocycles. The van der Waals surface area contributed by atoms with Crippen LogP contribution in [-0.2, 0) is 0 Å². The zero-order valence-electron chi connectivity index (χ0n) is 13.2. The van der Waals surface area contributed by atoms with Crippen molar-refractivity contribution in [2.45, 2.75) is 52.6 Å². The minimum absolute atomic E-state index is 0.324. The highest BCUT2D eigenvalue weighted by Crippen LogP contribution is 2.23. The summed E-state index contributed by atoms with van der Waals surface area (Å²) in [6.07, 6.45) is 4.51.